The van der Waals surface area contributed by atoms with Gasteiger partial charge in [-0.3, -0.25) is 0 Å². The molecule has 0 aliphatic heterocycles. The number of aromatic nitrogens is 1. The molecule has 0 saturated heterocycles. The molecular formula is C14H18N2. The molecule has 0 saturated carbocycles. The average molecular weight is 214 g/mol. The number of likely N-dealkylation sites (N-methyl/N-ethyl adjacent to an activating group) is 1. The minimum absolute atomic E-state index is 0.626. The molecule has 0 amide bonds. The summed E-state index contributed by atoms with van der Waals surface area (Å²) in [6, 6.07) is 7.26. The van der Waals surface area contributed by atoms with E-state index in [1.165, 1.54) is 28.6 Å². The maximum Gasteiger partial charge on any atom is 0.0512 e. The van der Waals surface area contributed by atoms with E-state index >= 15 is 0 Å². The van der Waals surface area contributed by atoms with Crippen LogP contribution in [-0.2, 0) is 19.9 Å². The summed E-state index contributed by atoms with van der Waals surface area (Å²) in [4.78, 5) is 0. The largest absolute Gasteiger partial charge is 0.347 e. The lowest BCUT2D eigenvalue weighted by atomic mass is 10.1. The average Bonchev–Trinajstić information content (AvgIpc) is 2.80. The second-order valence-electron chi connectivity index (χ2n) is 4.85. The quantitative estimate of drug-likeness (QED) is 0.770. The Balaban J connectivity index is 2.28. The Morgan fingerprint density at radius 2 is 2.12 bits per heavy atom. The van der Waals surface area contributed by atoms with Crippen molar-refractivity contribution in [2.75, 3.05) is 7.05 Å². The first-order valence-electron chi connectivity index (χ1n) is 5.95. The van der Waals surface area contributed by atoms with Gasteiger partial charge >= 0.3 is 0 Å². The summed E-state index contributed by atoms with van der Waals surface area (Å²) in [5, 5.41) is 4.84. The Kier molecular flexibility index (Phi) is 2.08. The van der Waals surface area contributed by atoms with Gasteiger partial charge in [0.2, 0.25) is 0 Å². The zero-order valence-electron chi connectivity index (χ0n) is 10.2. The van der Waals surface area contributed by atoms with E-state index in [-0.39, 0.29) is 0 Å². The fourth-order valence-electron chi connectivity index (χ4n) is 3.08. The smallest absolute Gasteiger partial charge is 0.0512 e. The number of nitrogens with zero attached hydrogens (tertiary/aromatic N) is 1. The van der Waals surface area contributed by atoms with E-state index in [1.54, 1.807) is 5.56 Å². The summed E-state index contributed by atoms with van der Waals surface area (Å²) < 4.78 is 2.39. The molecule has 0 spiro atoms. The summed E-state index contributed by atoms with van der Waals surface area (Å²) in [5.41, 5.74) is 5.88. The molecular weight excluding hydrogens is 196 g/mol. The summed E-state index contributed by atoms with van der Waals surface area (Å²) in [5.74, 6) is 0. The first-order valence-corrected chi connectivity index (χ1v) is 5.95. The molecule has 1 aliphatic rings. The standard InChI is InChI=1S/C14H18N2/c1-9-5-4-6-11-12-7-10(15-2)8-13(12)16(3)14(9)11/h4-6,10,15H,7-8H2,1-3H3. The Labute approximate surface area is 96.3 Å². The second kappa shape index (κ2) is 3.36. The van der Waals surface area contributed by atoms with Crippen LogP contribution in [0.15, 0.2) is 18.2 Å². The van der Waals surface area contributed by atoms with Crippen LogP contribution in [0.5, 0.6) is 0 Å². The molecule has 1 N–H and O–H groups in total. The summed E-state index contributed by atoms with van der Waals surface area (Å²) in [6.45, 7) is 2.20. The van der Waals surface area contributed by atoms with Gasteiger partial charge in [0, 0.05) is 30.6 Å². The zero-order chi connectivity index (χ0) is 11.3. The van der Waals surface area contributed by atoms with Crippen molar-refractivity contribution in [3.8, 4) is 0 Å². The van der Waals surface area contributed by atoms with Crippen molar-refractivity contribution in [1.29, 1.82) is 0 Å². The van der Waals surface area contributed by atoms with Crippen LogP contribution in [0.1, 0.15) is 16.8 Å². The fraction of sp³-hybridized carbons (Fsp3) is 0.429. The zero-order valence-corrected chi connectivity index (χ0v) is 10.2. The van der Waals surface area contributed by atoms with Crippen molar-refractivity contribution in [2.45, 2.75) is 25.8 Å². The molecule has 2 heteroatoms. The van der Waals surface area contributed by atoms with Crippen LogP contribution >= 0.6 is 0 Å². The molecule has 0 fully saturated rings. The van der Waals surface area contributed by atoms with Crippen LogP contribution < -0.4 is 5.32 Å². The van der Waals surface area contributed by atoms with Gasteiger partial charge in [-0.15, -0.1) is 0 Å². The third-order valence-electron chi connectivity index (χ3n) is 3.95. The molecule has 1 aliphatic carbocycles. The lowest BCUT2D eigenvalue weighted by Crippen LogP contribution is -2.25. The minimum Gasteiger partial charge on any atom is -0.347 e. The number of para-hydroxylation sites is 1. The fourth-order valence-corrected chi connectivity index (χ4v) is 3.08. The highest BCUT2D eigenvalue weighted by molar-refractivity contribution is 5.88. The number of fused-ring (bicyclic) bond motifs is 3. The maximum atomic E-state index is 3.39. The molecule has 0 bridgehead atoms. The molecule has 16 heavy (non-hydrogen) atoms. The predicted octanol–water partition coefficient (Wildman–Crippen LogP) is 2.17. The van der Waals surface area contributed by atoms with Crippen molar-refractivity contribution in [2.24, 2.45) is 7.05 Å². The summed E-state index contributed by atoms with van der Waals surface area (Å²) in [6.07, 6.45) is 2.34. The van der Waals surface area contributed by atoms with Gasteiger partial charge in [0.05, 0.1) is 5.52 Å². The SMILES string of the molecule is CNC1Cc2c(n(C)c3c(C)cccc23)C1. The lowest BCUT2D eigenvalue weighted by molar-refractivity contribution is 0.585. The van der Waals surface area contributed by atoms with Gasteiger partial charge in [-0.25, -0.2) is 0 Å². The number of hydrogen-bond donors (Lipinski definition) is 1. The number of rotatable bonds is 1. The van der Waals surface area contributed by atoms with Crippen LogP contribution in [0.4, 0.5) is 0 Å². The first-order chi connectivity index (χ1) is 7.72. The van der Waals surface area contributed by atoms with Crippen LogP contribution in [0.3, 0.4) is 0 Å². The number of aryl methyl sites for hydroxylation is 2. The molecule has 2 aromatic rings. The van der Waals surface area contributed by atoms with Crippen molar-refractivity contribution in [1.82, 2.24) is 9.88 Å². The molecule has 1 aromatic carbocycles. The van der Waals surface area contributed by atoms with Gasteiger partial charge in [0.25, 0.3) is 0 Å². The van der Waals surface area contributed by atoms with Crippen LogP contribution in [0.2, 0.25) is 0 Å². The topological polar surface area (TPSA) is 17.0 Å². The van der Waals surface area contributed by atoms with E-state index in [4.69, 9.17) is 0 Å². The lowest BCUT2D eigenvalue weighted by Gasteiger charge is -2.09. The van der Waals surface area contributed by atoms with Gasteiger partial charge in [-0.05, 0) is 31.5 Å². The molecule has 84 valence electrons. The monoisotopic (exact) mass is 214 g/mol. The van der Waals surface area contributed by atoms with Crippen molar-refractivity contribution in [3.63, 3.8) is 0 Å². The Hall–Kier alpha value is -1.28. The molecule has 1 atom stereocenters. The number of nitrogens with one attached hydrogen (secondary N) is 1. The highest BCUT2D eigenvalue weighted by atomic mass is 15.0. The van der Waals surface area contributed by atoms with Gasteiger partial charge in [-0.1, -0.05) is 18.2 Å². The molecule has 1 unspecified atom stereocenters. The van der Waals surface area contributed by atoms with Crippen molar-refractivity contribution >= 4 is 10.9 Å². The van der Waals surface area contributed by atoms with Gasteiger partial charge < -0.3 is 9.88 Å². The maximum absolute atomic E-state index is 3.39. The number of benzene rings is 1. The highest BCUT2D eigenvalue weighted by Crippen LogP contribution is 2.33. The van der Waals surface area contributed by atoms with E-state index in [2.05, 4.69) is 49.1 Å². The predicted molar refractivity (Wildman–Crippen MR) is 67.9 cm³/mol. The van der Waals surface area contributed by atoms with Crippen LogP contribution in [-0.4, -0.2) is 17.7 Å². The highest BCUT2D eigenvalue weighted by Gasteiger charge is 2.26. The third-order valence-corrected chi connectivity index (χ3v) is 3.95. The molecule has 1 aromatic heterocycles. The van der Waals surface area contributed by atoms with E-state index in [9.17, 15) is 0 Å². The number of hydrogen-bond acceptors (Lipinski definition) is 1. The van der Waals surface area contributed by atoms with Crippen LogP contribution in [0.25, 0.3) is 10.9 Å². The summed E-state index contributed by atoms with van der Waals surface area (Å²) in [7, 11) is 4.26. The van der Waals surface area contributed by atoms with E-state index in [0.29, 0.717) is 6.04 Å². The Morgan fingerprint density at radius 3 is 2.88 bits per heavy atom. The Bertz CT molecular complexity index is 551. The third kappa shape index (κ3) is 1.17. The molecule has 3 rings (SSSR count). The molecule has 0 radical (unpaired) electrons. The van der Waals surface area contributed by atoms with E-state index in [0.717, 1.165) is 6.42 Å². The molecule has 2 nitrogen and oxygen atoms in total. The van der Waals surface area contributed by atoms with Gasteiger partial charge in [0.15, 0.2) is 0 Å². The first kappa shape index (κ1) is 9.91. The normalized spacial score (nSPS) is 19.3. The van der Waals surface area contributed by atoms with Crippen molar-refractivity contribution < 1.29 is 0 Å². The van der Waals surface area contributed by atoms with Crippen LogP contribution in [0, 0.1) is 6.92 Å². The van der Waals surface area contributed by atoms with Gasteiger partial charge in [0.1, 0.15) is 0 Å². The van der Waals surface area contributed by atoms with Crippen molar-refractivity contribution in [3.05, 3.63) is 35.0 Å². The van der Waals surface area contributed by atoms with Gasteiger partial charge in [-0.2, -0.15) is 0 Å². The summed E-state index contributed by atoms with van der Waals surface area (Å²) >= 11 is 0. The van der Waals surface area contributed by atoms with E-state index < -0.39 is 0 Å². The second-order valence-corrected chi connectivity index (χ2v) is 4.85. The van der Waals surface area contributed by atoms with E-state index in [1.807, 2.05) is 0 Å². The Morgan fingerprint density at radius 1 is 1.31 bits per heavy atom. The minimum atomic E-state index is 0.626. The molecule has 1 heterocycles.